The maximum absolute atomic E-state index is 9.40. The smallest absolute Gasteiger partial charge is 0.130 e. The highest BCUT2D eigenvalue weighted by atomic mass is 16.5. The van der Waals surface area contributed by atoms with Gasteiger partial charge in [0.2, 0.25) is 0 Å². The SMILES string of the molecule is CC1CCC(N(CCO)Cc2ccc(OCc3ccccn3)cc2)C1. The molecule has 2 atom stereocenters. The van der Waals surface area contributed by atoms with Crippen LogP contribution in [0.4, 0.5) is 0 Å². The van der Waals surface area contributed by atoms with E-state index in [2.05, 4.69) is 28.9 Å². The van der Waals surface area contributed by atoms with Gasteiger partial charge in [0.05, 0.1) is 12.3 Å². The molecule has 0 saturated heterocycles. The lowest BCUT2D eigenvalue weighted by Crippen LogP contribution is -2.35. The minimum absolute atomic E-state index is 0.218. The Hall–Kier alpha value is -1.91. The summed E-state index contributed by atoms with van der Waals surface area (Å²) < 4.78 is 5.80. The second-order valence-corrected chi connectivity index (χ2v) is 7.02. The molecule has 1 aliphatic carbocycles. The third-order valence-corrected chi connectivity index (χ3v) is 4.99. The molecule has 4 nitrogen and oxygen atoms in total. The number of nitrogens with zero attached hydrogens (tertiary/aromatic N) is 2. The zero-order chi connectivity index (χ0) is 17.5. The van der Waals surface area contributed by atoms with E-state index in [0.29, 0.717) is 12.6 Å². The molecule has 2 aromatic rings. The molecule has 2 unspecified atom stereocenters. The third-order valence-electron chi connectivity index (χ3n) is 4.99. The van der Waals surface area contributed by atoms with Crippen molar-refractivity contribution in [2.75, 3.05) is 13.2 Å². The van der Waals surface area contributed by atoms with E-state index in [1.807, 2.05) is 30.3 Å². The van der Waals surface area contributed by atoms with E-state index in [1.54, 1.807) is 6.20 Å². The maximum Gasteiger partial charge on any atom is 0.130 e. The fourth-order valence-electron chi connectivity index (χ4n) is 3.59. The Labute approximate surface area is 150 Å². The molecular weight excluding hydrogens is 312 g/mol. The second-order valence-electron chi connectivity index (χ2n) is 7.02. The molecule has 134 valence electrons. The fraction of sp³-hybridized carbons (Fsp3) is 0.476. The zero-order valence-corrected chi connectivity index (χ0v) is 15.0. The van der Waals surface area contributed by atoms with Gasteiger partial charge in [-0.15, -0.1) is 0 Å². The minimum Gasteiger partial charge on any atom is -0.487 e. The molecule has 3 rings (SSSR count). The number of rotatable bonds is 8. The van der Waals surface area contributed by atoms with Gasteiger partial charge in [0.25, 0.3) is 0 Å². The van der Waals surface area contributed by atoms with Gasteiger partial charge in [-0.25, -0.2) is 0 Å². The van der Waals surface area contributed by atoms with Gasteiger partial charge >= 0.3 is 0 Å². The lowest BCUT2D eigenvalue weighted by molar-refractivity contribution is 0.143. The number of pyridine rings is 1. The molecule has 0 spiro atoms. The van der Waals surface area contributed by atoms with Crippen LogP contribution in [-0.4, -0.2) is 34.2 Å². The van der Waals surface area contributed by atoms with E-state index >= 15 is 0 Å². The van der Waals surface area contributed by atoms with Crippen LogP contribution >= 0.6 is 0 Å². The van der Waals surface area contributed by atoms with Gasteiger partial charge in [0.15, 0.2) is 0 Å². The summed E-state index contributed by atoms with van der Waals surface area (Å²) in [5, 5.41) is 9.40. The van der Waals surface area contributed by atoms with Crippen LogP contribution in [0.25, 0.3) is 0 Å². The number of hydrogen-bond acceptors (Lipinski definition) is 4. The highest BCUT2D eigenvalue weighted by Gasteiger charge is 2.26. The van der Waals surface area contributed by atoms with Gasteiger partial charge in [-0.2, -0.15) is 0 Å². The van der Waals surface area contributed by atoms with Crippen molar-refractivity contribution < 1.29 is 9.84 Å². The molecule has 0 radical (unpaired) electrons. The number of hydrogen-bond donors (Lipinski definition) is 1. The van der Waals surface area contributed by atoms with Crippen LogP contribution in [0.1, 0.15) is 37.4 Å². The summed E-state index contributed by atoms with van der Waals surface area (Å²) in [6.07, 6.45) is 5.56. The van der Waals surface area contributed by atoms with Gasteiger partial charge < -0.3 is 9.84 Å². The highest BCUT2D eigenvalue weighted by Crippen LogP contribution is 2.29. The molecule has 25 heavy (non-hydrogen) atoms. The second kappa shape index (κ2) is 8.97. The van der Waals surface area contributed by atoms with E-state index in [-0.39, 0.29) is 6.61 Å². The van der Waals surface area contributed by atoms with Crippen LogP contribution in [0.15, 0.2) is 48.7 Å². The lowest BCUT2D eigenvalue weighted by atomic mass is 10.1. The topological polar surface area (TPSA) is 45.6 Å². The Bertz CT molecular complexity index is 630. The Balaban J connectivity index is 1.55. The summed E-state index contributed by atoms with van der Waals surface area (Å²) >= 11 is 0. The van der Waals surface area contributed by atoms with Crippen molar-refractivity contribution in [1.29, 1.82) is 0 Å². The Kier molecular flexibility index (Phi) is 6.42. The maximum atomic E-state index is 9.40. The summed E-state index contributed by atoms with van der Waals surface area (Å²) in [5.41, 5.74) is 2.19. The minimum atomic E-state index is 0.218. The van der Waals surface area contributed by atoms with E-state index in [0.717, 1.165) is 30.5 Å². The van der Waals surface area contributed by atoms with E-state index < -0.39 is 0 Å². The standard InChI is InChI=1S/C21H28N2O2/c1-17-5-8-20(14-17)23(12-13-24)15-18-6-9-21(10-7-18)25-16-19-4-2-3-11-22-19/h2-4,6-7,9-11,17,20,24H,5,8,12-16H2,1H3. The molecule has 1 aromatic heterocycles. The van der Waals surface area contributed by atoms with Crippen LogP contribution < -0.4 is 4.74 Å². The summed E-state index contributed by atoms with van der Waals surface area (Å²) in [5.74, 6) is 1.66. The first-order chi connectivity index (χ1) is 12.2. The fourth-order valence-corrected chi connectivity index (χ4v) is 3.59. The van der Waals surface area contributed by atoms with Gasteiger partial charge in [0, 0.05) is 25.3 Å². The predicted octanol–water partition coefficient (Wildman–Crippen LogP) is 3.64. The molecule has 1 N–H and O–H groups in total. The van der Waals surface area contributed by atoms with E-state index in [9.17, 15) is 5.11 Å². The summed E-state index contributed by atoms with van der Waals surface area (Å²) in [7, 11) is 0. The first-order valence-electron chi connectivity index (χ1n) is 9.21. The van der Waals surface area contributed by atoms with Crippen LogP contribution in [0.3, 0.4) is 0 Å². The Morgan fingerprint density at radius 2 is 2.00 bits per heavy atom. The molecule has 1 aliphatic rings. The molecule has 4 heteroatoms. The van der Waals surface area contributed by atoms with Gasteiger partial charge in [-0.3, -0.25) is 9.88 Å². The Morgan fingerprint density at radius 1 is 1.16 bits per heavy atom. The molecule has 1 fully saturated rings. The lowest BCUT2D eigenvalue weighted by Gasteiger charge is -2.28. The summed E-state index contributed by atoms with van der Waals surface area (Å²) in [6.45, 7) is 4.66. The van der Waals surface area contributed by atoms with Crippen LogP contribution in [0.5, 0.6) is 5.75 Å². The number of aromatic nitrogens is 1. The Morgan fingerprint density at radius 3 is 2.64 bits per heavy atom. The van der Waals surface area contributed by atoms with Crippen molar-refractivity contribution >= 4 is 0 Å². The van der Waals surface area contributed by atoms with E-state index in [1.165, 1.54) is 24.8 Å². The van der Waals surface area contributed by atoms with Crippen molar-refractivity contribution in [3.05, 3.63) is 59.9 Å². The van der Waals surface area contributed by atoms with Crippen LogP contribution in [0.2, 0.25) is 0 Å². The molecule has 1 aromatic carbocycles. The first kappa shape index (κ1) is 17.9. The van der Waals surface area contributed by atoms with Gasteiger partial charge in [0.1, 0.15) is 12.4 Å². The average molecular weight is 340 g/mol. The summed E-state index contributed by atoms with van der Waals surface area (Å²) in [4.78, 5) is 6.69. The first-order valence-corrected chi connectivity index (χ1v) is 9.21. The molecule has 1 saturated carbocycles. The number of aliphatic hydroxyl groups excluding tert-OH is 1. The molecule has 0 aliphatic heterocycles. The quantitative estimate of drug-likeness (QED) is 0.797. The predicted molar refractivity (Wildman–Crippen MR) is 99.3 cm³/mol. The van der Waals surface area contributed by atoms with Crippen LogP contribution in [0, 0.1) is 5.92 Å². The third kappa shape index (κ3) is 5.28. The van der Waals surface area contributed by atoms with Crippen molar-refractivity contribution in [2.45, 2.75) is 45.4 Å². The average Bonchev–Trinajstić information content (AvgIpc) is 3.08. The molecule has 0 bridgehead atoms. The number of aliphatic hydroxyl groups is 1. The zero-order valence-electron chi connectivity index (χ0n) is 15.0. The molecule has 1 heterocycles. The molecular formula is C21H28N2O2. The van der Waals surface area contributed by atoms with Crippen molar-refractivity contribution in [2.24, 2.45) is 5.92 Å². The van der Waals surface area contributed by atoms with E-state index in [4.69, 9.17) is 4.74 Å². The largest absolute Gasteiger partial charge is 0.487 e. The van der Waals surface area contributed by atoms with Gasteiger partial charge in [-0.1, -0.05) is 25.1 Å². The highest BCUT2D eigenvalue weighted by molar-refractivity contribution is 5.27. The summed E-state index contributed by atoms with van der Waals surface area (Å²) in [6, 6.07) is 14.7. The van der Waals surface area contributed by atoms with Gasteiger partial charge in [-0.05, 0) is 55.0 Å². The van der Waals surface area contributed by atoms with Crippen molar-refractivity contribution in [1.82, 2.24) is 9.88 Å². The normalized spacial score (nSPS) is 20.1. The number of ether oxygens (including phenoxy) is 1. The monoisotopic (exact) mass is 340 g/mol. The van der Waals surface area contributed by atoms with Crippen LogP contribution in [-0.2, 0) is 13.2 Å². The van der Waals surface area contributed by atoms with Crippen molar-refractivity contribution in [3.8, 4) is 5.75 Å². The number of benzene rings is 1. The van der Waals surface area contributed by atoms with Crippen molar-refractivity contribution in [3.63, 3.8) is 0 Å². The molecule has 0 amide bonds.